The molecule has 0 saturated heterocycles. The van der Waals surface area contributed by atoms with Crippen LogP contribution in [0.5, 0.6) is 0 Å². The summed E-state index contributed by atoms with van der Waals surface area (Å²) in [6, 6.07) is 20.4. The number of pyridine rings is 1. The van der Waals surface area contributed by atoms with E-state index in [2.05, 4.69) is 46.4 Å². The van der Waals surface area contributed by atoms with Gasteiger partial charge in [-0.3, -0.25) is 0 Å². The van der Waals surface area contributed by atoms with Crippen molar-refractivity contribution in [3.05, 3.63) is 88.7 Å². The fourth-order valence-electron chi connectivity index (χ4n) is 3.80. The van der Waals surface area contributed by atoms with E-state index in [-0.39, 0.29) is 5.92 Å². The van der Waals surface area contributed by atoms with Crippen LogP contribution >= 0.6 is 0 Å². The maximum atomic E-state index is 12.1. The highest BCUT2D eigenvalue weighted by atomic mass is 16.5. The van der Waals surface area contributed by atoms with E-state index in [1.807, 2.05) is 43.3 Å². The van der Waals surface area contributed by atoms with Crippen molar-refractivity contribution in [2.75, 3.05) is 13.2 Å². The maximum Gasteiger partial charge on any atom is 0.407 e. The lowest BCUT2D eigenvalue weighted by molar-refractivity contribution is 0.143. The number of aryl methyl sites for hydroxylation is 1. The highest BCUT2D eigenvalue weighted by molar-refractivity contribution is 5.79. The number of hydrogen-bond donors (Lipinski definition) is 1. The fourth-order valence-corrected chi connectivity index (χ4v) is 3.80. The predicted octanol–water partition coefficient (Wildman–Crippen LogP) is 4.54. The second-order valence-corrected chi connectivity index (χ2v) is 7.31. The molecule has 152 valence electrons. The first-order valence-corrected chi connectivity index (χ1v) is 10.1. The third-order valence-corrected chi connectivity index (χ3v) is 5.28. The quantitative estimate of drug-likeness (QED) is 0.509. The first kappa shape index (κ1) is 20.2. The number of nitriles is 1. The van der Waals surface area contributed by atoms with Crippen LogP contribution in [0, 0.1) is 30.1 Å². The average molecular weight is 407 g/mol. The number of fused-ring (bicyclic) bond motifs is 3. The number of alkyl carbamates (subject to hydrolysis) is 1. The van der Waals surface area contributed by atoms with Gasteiger partial charge in [-0.2, -0.15) is 5.26 Å². The van der Waals surface area contributed by atoms with Crippen LogP contribution < -0.4 is 5.32 Å². The molecular formula is C26H21N3O2. The monoisotopic (exact) mass is 407 g/mol. The summed E-state index contributed by atoms with van der Waals surface area (Å²) in [5.74, 6) is 6.04. The zero-order valence-corrected chi connectivity index (χ0v) is 17.2. The van der Waals surface area contributed by atoms with Crippen molar-refractivity contribution in [1.82, 2.24) is 10.3 Å². The number of rotatable bonds is 4. The number of nitrogens with one attached hydrogen (secondary N) is 1. The van der Waals surface area contributed by atoms with Crippen molar-refractivity contribution in [2.24, 2.45) is 0 Å². The Bertz CT molecular complexity index is 1190. The molecule has 4 rings (SSSR count). The molecule has 5 heteroatoms. The molecule has 0 bridgehead atoms. The number of aromatic nitrogens is 1. The van der Waals surface area contributed by atoms with Gasteiger partial charge in [-0.25, -0.2) is 9.78 Å². The van der Waals surface area contributed by atoms with Crippen LogP contribution in [0.2, 0.25) is 0 Å². The molecule has 2 aromatic carbocycles. The molecule has 31 heavy (non-hydrogen) atoms. The van der Waals surface area contributed by atoms with Crippen molar-refractivity contribution in [1.29, 1.82) is 5.26 Å². The third-order valence-electron chi connectivity index (χ3n) is 5.28. The summed E-state index contributed by atoms with van der Waals surface area (Å²) in [6.45, 7) is 2.52. The van der Waals surface area contributed by atoms with Crippen molar-refractivity contribution < 1.29 is 9.53 Å². The van der Waals surface area contributed by atoms with E-state index in [1.165, 1.54) is 22.3 Å². The minimum Gasteiger partial charge on any atom is -0.449 e. The van der Waals surface area contributed by atoms with Crippen LogP contribution in [0.1, 0.15) is 40.3 Å². The van der Waals surface area contributed by atoms with E-state index < -0.39 is 6.09 Å². The van der Waals surface area contributed by atoms with Gasteiger partial charge in [0.1, 0.15) is 18.4 Å². The molecule has 0 aliphatic heterocycles. The van der Waals surface area contributed by atoms with Gasteiger partial charge in [-0.1, -0.05) is 60.4 Å². The van der Waals surface area contributed by atoms with Gasteiger partial charge < -0.3 is 10.1 Å². The van der Waals surface area contributed by atoms with Gasteiger partial charge in [0, 0.05) is 30.6 Å². The molecule has 0 fully saturated rings. The first-order valence-electron chi connectivity index (χ1n) is 10.1. The van der Waals surface area contributed by atoms with Crippen molar-refractivity contribution >= 4 is 6.09 Å². The Morgan fingerprint density at radius 1 is 1.13 bits per heavy atom. The molecular weight excluding hydrogens is 386 g/mol. The van der Waals surface area contributed by atoms with Crippen LogP contribution in [0.25, 0.3) is 11.1 Å². The number of carbonyl (C=O) groups is 1. The number of hydrogen-bond acceptors (Lipinski definition) is 4. The highest BCUT2D eigenvalue weighted by Crippen LogP contribution is 2.44. The van der Waals surface area contributed by atoms with E-state index in [9.17, 15) is 4.79 Å². The normalized spacial score (nSPS) is 11.5. The summed E-state index contributed by atoms with van der Waals surface area (Å²) in [6.07, 6.45) is 1.63. The van der Waals surface area contributed by atoms with E-state index in [0.717, 1.165) is 11.1 Å². The topological polar surface area (TPSA) is 75.0 Å². The smallest absolute Gasteiger partial charge is 0.407 e. The lowest BCUT2D eigenvalue weighted by Gasteiger charge is -2.14. The minimum absolute atomic E-state index is 0.0464. The van der Waals surface area contributed by atoms with Gasteiger partial charge in [0.05, 0.1) is 0 Å². The third kappa shape index (κ3) is 4.42. The summed E-state index contributed by atoms with van der Waals surface area (Å²) in [5.41, 5.74) is 6.73. The lowest BCUT2D eigenvalue weighted by atomic mass is 9.98. The number of amides is 1. The molecule has 1 amide bonds. The second kappa shape index (κ2) is 9.15. The minimum atomic E-state index is -0.445. The molecule has 0 unspecified atom stereocenters. The Morgan fingerprint density at radius 3 is 2.45 bits per heavy atom. The van der Waals surface area contributed by atoms with Crippen molar-refractivity contribution in [3.8, 4) is 29.0 Å². The molecule has 1 N–H and O–H groups in total. The van der Waals surface area contributed by atoms with Gasteiger partial charge in [-0.15, -0.1) is 0 Å². The predicted molar refractivity (Wildman–Crippen MR) is 118 cm³/mol. The molecule has 0 spiro atoms. The number of benzene rings is 2. The van der Waals surface area contributed by atoms with Gasteiger partial charge in [0.2, 0.25) is 0 Å². The number of ether oxygens (including phenoxy) is 1. The summed E-state index contributed by atoms with van der Waals surface area (Å²) < 4.78 is 5.51. The van der Waals surface area contributed by atoms with Crippen LogP contribution in [0.15, 0.2) is 60.8 Å². The SMILES string of the molecule is Cc1cc(C#CCCNC(=O)OCC2c3ccccc3-c3ccccc32)cnc1C#N. The van der Waals surface area contributed by atoms with Crippen LogP contribution in [-0.2, 0) is 4.74 Å². The molecule has 1 heterocycles. The molecule has 3 aromatic rings. The van der Waals surface area contributed by atoms with Crippen molar-refractivity contribution in [3.63, 3.8) is 0 Å². The van der Waals surface area contributed by atoms with E-state index in [1.54, 1.807) is 6.20 Å². The second-order valence-electron chi connectivity index (χ2n) is 7.31. The lowest BCUT2D eigenvalue weighted by Crippen LogP contribution is -2.26. The Labute approximate surface area is 181 Å². The van der Waals surface area contributed by atoms with E-state index in [4.69, 9.17) is 10.00 Å². The molecule has 1 aromatic heterocycles. The average Bonchev–Trinajstić information content (AvgIpc) is 3.11. The molecule has 0 atom stereocenters. The molecule has 1 aliphatic rings. The fraction of sp³-hybridized carbons (Fsp3) is 0.192. The van der Waals surface area contributed by atoms with E-state index in [0.29, 0.717) is 25.3 Å². The summed E-state index contributed by atoms with van der Waals surface area (Å²) in [4.78, 5) is 16.2. The maximum absolute atomic E-state index is 12.1. The molecule has 5 nitrogen and oxygen atoms in total. The van der Waals surface area contributed by atoms with Crippen LogP contribution in [0.4, 0.5) is 4.79 Å². The zero-order chi connectivity index (χ0) is 21.6. The Hall–Kier alpha value is -4.09. The number of carbonyl (C=O) groups excluding carboxylic acids is 1. The summed E-state index contributed by atoms with van der Waals surface area (Å²) >= 11 is 0. The summed E-state index contributed by atoms with van der Waals surface area (Å²) in [5, 5.41) is 11.7. The largest absolute Gasteiger partial charge is 0.449 e. The van der Waals surface area contributed by atoms with Gasteiger partial charge in [0.25, 0.3) is 0 Å². The van der Waals surface area contributed by atoms with Crippen LogP contribution in [-0.4, -0.2) is 24.2 Å². The Morgan fingerprint density at radius 2 is 1.81 bits per heavy atom. The Kier molecular flexibility index (Phi) is 5.96. The molecule has 1 aliphatic carbocycles. The highest BCUT2D eigenvalue weighted by Gasteiger charge is 2.28. The van der Waals surface area contributed by atoms with Gasteiger partial charge in [-0.05, 0) is 40.8 Å². The molecule has 0 saturated carbocycles. The summed E-state index contributed by atoms with van der Waals surface area (Å²) in [7, 11) is 0. The molecule has 0 radical (unpaired) electrons. The van der Waals surface area contributed by atoms with E-state index >= 15 is 0 Å². The first-order chi connectivity index (χ1) is 15.2. The Balaban J connectivity index is 1.28. The van der Waals surface area contributed by atoms with Crippen LogP contribution in [0.3, 0.4) is 0 Å². The number of nitrogens with zero attached hydrogens (tertiary/aromatic N) is 2. The van der Waals surface area contributed by atoms with Gasteiger partial charge >= 0.3 is 6.09 Å². The zero-order valence-electron chi connectivity index (χ0n) is 17.2. The van der Waals surface area contributed by atoms with Gasteiger partial charge in [0.15, 0.2) is 0 Å². The van der Waals surface area contributed by atoms with Crippen molar-refractivity contribution in [2.45, 2.75) is 19.3 Å². The standard InChI is InChI=1S/C26H21N3O2/c1-18-14-19(16-29-25(18)15-27)8-6-7-13-28-26(30)31-17-24-22-11-4-2-9-20(22)21-10-3-5-12-23(21)24/h2-5,9-12,14,16,24H,7,13,17H2,1H3,(H,28,30).